The first-order chi connectivity index (χ1) is 8.64. The van der Waals surface area contributed by atoms with E-state index in [0.717, 1.165) is 42.1 Å². The molecule has 0 aromatic heterocycles. The summed E-state index contributed by atoms with van der Waals surface area (Å²) in [5.74, 6) is 0.349. The van der Waals surface area contributed by atoms with Crippen molar-refractivity contribution in [3.63, 3.8) is 0 Å². The Morgan fingerprint density at radius 3 is 2.67 bits per heavy atom. The lowest BCUT2D eigenvalue weighted by atomic mass is 9.70. The van der Waals surface area contributed by atoms with Crippen molar-refractivity contribution in [3.05, 3.63) is 51.7 Å². The van der Waals surface area contributed by atoms with Gasteiger partial charge in [-0.25, -0.2) is 0 Å². The van der Waals surface area contributed by atoms with Crippen LogP contribution < -0.4 is 0 Å². The van der Waals surface area contributed by atoms with E-state index in [1.807, 2.05) is 12.1 Å². The van der Waals surface area contributed by atoms with Crippen LogP contribution in [0.5, 0.6) is 0 Å². The molecule has 0 amide bonds. The SMILES string of the molecule is C=C=C1CCC2(CC1)Cc1ccc(Br)cc1C2=O. The van der Waals surface area contributed by atoms with Crippen LogP contribution in [0.15, 0.2) is 40.6 Å². The molecule has 1 saturated carbocycles. The van der Waals surface area contributed by atoms with Crippen molar-refractivity contribution in [2.75, 3.05) is 0 Å². The van der Waals surface area contributed by atoms with E-state index >= 15 is 0 Å². The predicted octanol–water partition coefficient (Wildman–Crippen LogP) is 4.46. The largest absolute Gasteiger partial charge is 0.294 e. The van der Waals surface area contributed by atoms with Gasteiger partial charge < -0.3 is 0 Å². The summed E-state index contributed by atoms with van der Waals surface area (Å²) in [6, 6.07) is 6.10. The molecule has 2 heteroatoms. The van der Waals surface area contributed by atoms with Crippen molar-refractivity contribution in [2.24, 2.45) is 5.41 Å². The quantitative estimate of drug-likeness (QED) is 0.647. The predicted molar refractivity (Wildman–Crippen MR) is 75.7 cm³/mol. The maximum Gasteiger partial charge on any atom is 0.169 e. The van der Waals surface area contributed by atoms with Crippen LogP contribution in [-0.4, -0.2) is 5.78 Å². The summed E-state index contributed by atoms with van der Waals surface area (Å²) in [6.07, 6.45) is 4.78. The van der Waals surface area contributed by atoms with Crippen molar-refractivity contribution >= 4 is 21.7 Å². The van der Waals surface area contributed by atoms with Gasteiger partial charge in [-0.05, 0) is 55.4 Å². The van der Waals surface area contributed by atoms with Gasteiger partial charge in [0.15, 0.2) is 5.78 Å². The first-order valence-corrected chi connectivity index (χ1v) is 7.15. The highest BCUT2D eigenvalue weighted by atomic mass is 79.9. The van der Waals surface area contributed by atoms with Crippen molar-refractivity contribution < 1.29 is 4.79 Å². The normalized spacial score (nSPS) is 26.3. The Kier molecular flexibility index (Phi) is 2.80. The van der Waals surface area contributed by atoms with Crippen LogP contribution in [0.3, 0.4) is 0 Å². The van der Waals surface area contributed by atoms with Crippen molar-refractivity contribution in [3.8, 4) is 0 Å². The van der Waals surface area contributed by atoms with E-state index in [4.69, 9.17) is 0 Å². The van der Waals surface area contributed by atoms with E-state index in [0.29, 0.717) is 5.78 Å². The molecule has 2 aliphatic rings. The maximum atomic E-state index is 12.7. The molecule has 0 heterocycles. The minimum atomic E-state index is -0.135. The zero-order valence-corrected chi connectivity index (χ0v) is 11.8. The van der Waals surface area contributed by atoms with E-state index in [2.05, 4.69) is 34.3 Å². The van der Waals surface area contributed by atoms with E-state index in [1.54, 1.807) is 0 Å². The number of ketones is 1. The number of hydrogen-bond acceptors (Lipinski definition) is 1. The van der Waals surface area contributed by atoms with E-state index < -0.39 is 0 Å². The molecular formula is C16H15BrO. The molecule has 2 aliphatic carbocycles. The Labute approximate surface area is 116 Å². The number of allylic oxidation sites excluding steroid dienone is 1. The molecule has 3 rings (SSSR count). The van der Waals surface area contributed by atoms with Crippen LogP contribution in [0.2, 0.25) is 0 Å². The number of benzene rings is 1. The maximum absolute atomic E-state index is 12.7. The molecule has 0 aliphatic heterocycles. The third-order valence-electron chi connectivity index (χ3n) is 4.39. The van der Waals surface area contributed by atoms with Gasteiger partial charge in [0.05, 0.1) is 0 Å². The molecule has 0 unspecified atom stereocenters. The highest BCUT2D eigenvalue weighted by Crippen LogP contribution is 2.48. The molecular weight excluding hydrogens is 288 g/mol. The lowest BCUT2D eigenvalue weighted by Crippen LogP contribution is -2.31. The van der Waals surface area contributed by atoms with Gasteiger partial charge in [0, 0.05) is 15.5 Å². The van der Waals surface area contributed by atoms with Crippen LogP contribution in [0, 0.1) is 5.41 Å². The summed E-state index contributed by atoms with van der Waals surface area (Å²) >= 11 is 3.45. The van der Waals surface area contributed by atoms with Crippen molar-refractivity contribution in [1.82, 2.24) is 0 Å². The molecule has 0 radical (unpaired) electrons. The Hall–Kier alpha value is -1.11. The van der Waals surface area contributed by atoms with Crippen LogP contribution in [0.1, 0.15) is 41.6 Å². The number of Topliss-reactive ketones (excluding diaryl/α,β-unsaturated/α-hetero) is 1. The number of hydrogen-bond donors (Lipinski definition) is 0. The van der Waals surface area contributed by atoms with Gasteiger partial charge in [0.25, 0.3) is 0 Å². The smallest absolute Gasteiger partial charge is 0.169 e. The molecule has 1 aromatic carbocycles. The third kappa shape index (κ3) is 1.72. The fourth-order valence-electron chi connectivity index (χ4n) is 3.26. The number of halogens is 1. The van der Waals surface area contributed by atoms with Crippen molar-refractivity contribution in [1.29, 1.82) is 0 Å². The zero-order chi connectivity index (χ0) is 12.8. The van der Waals surface area contributed by atoms with Crippen LogP contribution in [0.4, 0.5) is 0 Å². The zero-order valence-electron chi connectivity index (χ0n) is 10.3. The highest BCUT2D eigenvalue weighted by molar-refractivity contribution is 9.10. The van der Waals surface area contributed by atoms with E-state index in [-0.39, 0.29) is 5.41 Å². The topological polar surface area (TPSA) is 17.1 Å². The van der Waals surface area contributed by atoms with Crippen LogP contribution >= 0.6 is 15.9 Å². The highest BCUT2D eigenvalue weighted by Gasteiger charge is 2.46. The molecule has 0 saturated heterocycles. The first-order valence-electron chi connectivity index (χ1n) is 6.36. The third-order valence-corrected chi connectivity index (χ3v) is 4.88. The standard InChI is InChI=1S/C16H15BrO/c1-2-11-5-7-16(8-6-11)10-12-3-4-13(17)9-14(12)15(16)18/h3-4,9H,1,5-8,10H2. The monoisotopic (exact) mass is 302 g/mol. The molecule has 0 N–H and O–H groups in total. The van der Waals surface area contributed by atoms with E-state index in [1.165, 1.54) is 11.1 Å². The van der Waals surface area contributed by atoms with Gasteiger partial charge in [-0.3, -0.25) is 4.79 Å². The molecule has 0 bridgehead atoms. The van der Waals surface area contributed by atoms with Crippen LogP contribution in [-0.2, 0) is 6.42 Å². The Morgan fingerprint density at radius 2 is 2.00 bits per heavy atom. The van der Waals surface area contributed by atoms with Gasteiger partial charge in [-0.2, -0.15) is 0 Å². The summed E-state index contributed by atoms with van der Waals surface area (Å²) in [4.78, 5) is 12.7. The average Bonchev–Trinajstić information content (AvgIpc) is 2.65. The molecule has 1 spiro atoms. The van der Waals surface area contributed by atoms with Crippen molar-refractivity contribution in [2.45, 2.75) is 32.1 Å². The van der Waals surface area contributed by atoms with Gasteiger partial charge in [-0.15, -0.1) is 5.73 Å². The number of carbonyl (C=O) groups is 1. The number of carbonyl (C=O) groups excluding carboxylic acids is 1. The molecule has 18 heavy (non-hydrogen) atoms. The van der Waals surface area contributed by atoms with Crippen LogP contribution in [0.25, 0.3) is 0 Å². The molecule has 1 fully saturated rings. The van der Waals surface area contributed by atoms with Gasteiger partial charge >= 0.3 is 0 Å². The molecule has 1 aromatic rings. The average molecular weight is 303 g/mol. The lowest BCUT2D eigenvalue weighted by Gasteiger charge is -2.32. The Balaban J connectivity index is 1.95. The number of fused-ring (bicyclic) bond motifs is 1. The fraction of sp³-hybridized carbons (Fsp3) is 0.375. The molecule has 92 valence electrons. The number of rotatable bonds is 0. The minimum Gasteiger partial charge on any atom is -0.294 e. The Bertz CT molecular complexity index is 569. The summed E-state index contributed by atoms with van der Waals surface area (Å²) in [6.45, 7) is 3.72. The summed E-state index contributed by atoms with van der Waals surface area (Å²) in [5.41, 5.74) is 6.29. The lowest BCUT2D eigenvalue weighted by molar-refractivity contribution is 0.0771. The summed E-state index contributed by atoms with van der Waals surface area (Å²) < 4.78 is 0.995. The van der Waals surface area contributed by atoms with Gasteiger partial charge in [0.2, 0.25) is 0 Å². The second-order valence-electron chi connectivity index (χ2n) is 5.37. The minimum absolute atomic E-state index is 0.135. The second-order valence-corrected chi connectivity index (χ2v) is 6.28. The fourth-order valence-corrected chi connectivity index (χ4v) is 3.62. The van der Waals surface area contributed by atoms with Gasteiger partial charge in [0.1, 0.15) is 0 Å². The second kappa shape index (κ2) is 4.22. The summed E-state index contributed by atoms with van der Waals surface area (Å²) in [5, 5.41) is 0. The van der Waals surface area contributed by atoms with Gasteiger partial charge in [-0.1, -0.05) is 28.6 Å². The Morgan fingerprint density at radius 1 is 1.28 bits per heavy atom. The first kappa shape index (κ1) is 12.0. The van der Waals surface area contributed by atoms with E-state index in [9.17, 15) is 4.79 Å². The molecule has 0 atom stereocenters. The molecule has 1 nitrogen and oxygen atoms in total. The summed E-state index contributed by atoms with van der Waals surface area (Å²) in [7, 11) is 0.